The number of rotatable bonds is 6. The molecule has 1 amide bonds. The van der Waals surface area contributed by atoms with Gasteiger partial charge in [0.25, 0.3) is 5.88 Å². The number of hydrogen-bond acceptors (Lipinski definition) is 5. The highest BCUT2D eigenvalue weighted by Gasteiger charge is 2.33. The Bertz CT molecular complexity index is 1430. The molecule has 200 valence electrons. The van der Waals surface area contributed by atoms with Crippen LogP contribution in [0.2, 0.25) is 0 Å². The number of carboxylic acid groups (broad SMARTS) is 1. The molecule has 2 atom stereocenters. The topological polar surface area (TPSA) is 97.6 Å². The molecule has 0 radical (unpaired) electrons. The molecule has 38 heavy (non-hydrogen) atoms. The Morgan fingerprint density at radius 2 is 1.82 bits per heavy atom. The number of aromatic nitrogens is 3. The number of carbonyl (C=O) groups excluding carboxylic acids is 1. The lowest BCUT2D eigenvalue weighted by atomic mass is 9.99. The number of amides is 1. The summed E-state index contributed by atoms with van der Waals surface area (Å²) in [5.74, 6) is 5.11. The van der Waals surface area contributed by atoms with Crippen molar-refractivity contribution in [3.05, 3.63) is 41.0 Å². The van der Waals surface area contributed by atoms with Gasteiger partial charge >= 0.3 is 11.9 Å². The van der Waals surface area contributed by atoms with E-state index < -0.39 is 11.9 Å². The van der Waals surface area contributed by atoms with E-state index in [-0.39, 0.29) is 12.0 Å². The summed E-state index contributed by atoms with van der Waals surface area (Å²) in [5.41, 5.74) is 5.53. The molecule has 1 aromatic carbocycles. The minimum absolute atomic E-state index is 0.237. The zero-order valence-electron chi connectivity index (χ0n) is 23.0. The molecular formula is C30H36N4O4. The van der Waals surface area contributed by atoms with Crippen LogP contribution in [0.15, 0.2) is 24.3 Å². The molecule has 2 saturated carbocycles. The first-order chi connectivity index (χ1) is 18.3. The van der Waals surface area contributed by atoms with Gasteiger partial charge < -0.3 is 9.84 Å². The Kier molecular flexibility index (Phi) is 8.05. The third kappa shape index (κ3) is 5.38. The maximum atomic E-state index is 13.3. The number of carbonyl (C=O) groups is 2. The van der Waals surface area contributed by atoms with Crippen LogP contribution < -0.4 is 9.64 Å². The molecule has 0 aliphatic heterocycles. The lowest BCUT2D eigenvalue weighted by molar-refractivity contribution is -0.141. The highest BCUT2D eigenvalue weighted by Crippen LogP contribution is 2.46. The van der Waals surface area contributed by atoms with Crippen molar-refractivity contribution in [2.75, 3.05) is 4.90 Å². The number of anilines is 2. The highest BCUT2D eigenvalue weighted by atomic mass is 16.5. The number of nitrogens with zero attached hydrogens (tertiary/aromatic N) is 4. The van der Waals surface area contributed by atoms with Crippen LogP contribution in [0.1, 0.15) is 75.5 Å². The van der Waals surface area contributed by atoms with Gasteiger partial charge in [-0.2, -0.15) is 0 Å². The molecule has 8 heteroatoms. The van der Waals surface area contributed by atoms with Gasteiger partial charge in [-0.1, -0.05) is 25.8 Å². The molecule has 8 nitrogen and oxygen atoms in total. The lowest BCUT2D eigenvalue weighted by Crippen LogP contribution is -2.26. The number of benzene rings is 1. The molecule has 2 heterocycles. The van der Waals surface area contributed by atoms with E-state index in [1.54, 1.807) is 16.5 Å². The third-order valence-corrected chi connectivity index (χ3v) is 7.23. The second-order valence-electron chi connectivity index (χ2n) is 9.84. The Hall–Kier alpha value is -3.86. The van der Waals surface area contributed by atoms with E-state index >= 15 is 0 Å². The Balaban J connectivity index is 0.00000164. The van der Waals surface area contributed by atoms with E-state index in [1.807, 2.05) is 40.0 Å². The number of pyridine rings is 1. The third-order valence-electron chi connectivity index (χ3n) is 7.23. The molecule has 2 unspecified atom stereocenters. The molecule has 2 fully saturated rings. The van der Waals surface area contributed by atoms with Crippen LogP contribution in [0, 0.1) is 31.6 Å². The van der Waals surface area contributed by atoms with Crippen molar-refractivity contribution >= 4 is 34.4 Å². The quantitative estimate of drug-likeness (QED) is 0.415. The van der Waals surface area contributed by atoms with Crippen LogP contribution in [0.25, 0.3) is 11.0 Å². The van der Waals surface area contributed by atoms with Gasteiger partial charge in [0.05, 0.1) is 17.1 Å². The van der Waals surface area contributed by atoms with Crippen LogP contribution in [0.3, 0.4) is 0 Å². The molecule has 1 N–H and O–H groups in total. The summed E-state index contributed by atoms with van der Waals surface area (Å²) in [6.45, 7) is 9.78. The van der Waals surface area contributed by atoms with Crippen molar-refractivity contribution in [1.29, 1.82) is 0 Å². The maximum absolute atomic E-state index is 13.3. The summed E-state index contributed by atoms with van der Waals surface area (Å²) in [4.78, 5) is 31.2. The number of aliphatic carboxylic acids is 1. The van der Waals surface area contributed by atoms with Gasteiger partial charge in [0.2, 0.25) is 0 Å². The van der Waals surface area contributed by atoms with Crippen LogP contribution in [-0.4, -0.2) is 37.9 Å². The lowest BCUT2D eigenvalue weighted by Gasteiger charge is -2.24. The van der Waals surface area contributed by atoms with Crippen LogP contribution in [0.4, 0.5) is 11.5 Å². The summed E-state index contributed by atoms with van der Waals surface area (Å²) in [7, 11) is 1.81. The van der Waals surface area contributed by atoms with Gasteiger partial charge in [0.15, 0.2) is 5.52 Å². The average Bonchev–Trinajstić information content (AvgIpc) is 3.55. The van der Waals surface area contributed by atoms with Crippen LogP contribution >= 0.6 is 0 Å². The molecule has 0 saturated heterocycles. The predicted molar refractivity (Wildman–Crippen MR) is 148 cm³/mol. The van der Waals surface area contributed by atoms with E-state index in [4.69, 9.17) is 9.72 Å². The van der Waals surface area contributed by atoms with E-state index in [2.05, 4.69) is 36.0 Å². The fourth-order valence-electron chi connectivity index (χ4n) is 4.97. The number of ether oxygens (including phenoxy) is 1. The van der Waals surface area contributed by atoms with Crippen LogP contribution in [-0.2, 0) is 16.6 Å². The number of fused-ring (bicyclic) bond motifs is 1. The summed E-state index contributed by atoms with van der Waals surface area (Å²) >= 11 is 0. The van der Waals surface area contributed by atoms with Crippen molar-refractivity contribution in [3.63, 3.8) is 0 Å². The average molecular weight is 517 g/mol. The maximum Gasteiger partial charge on any atom is 0.308 e. The largest absolute Gasteiger partial charge is 0.481 e. The molecular weight excluding hydrogens is 480 g/mol. The summed E-state index contributed by atoms with van der Waals surface area (Å²) in [5, 5.41) is 13.9. The zero-order valence-corrected chi connectivity index (χ0v) is 23.0. The van der Waals surface area contributed by atoms with E-state index in [1.165, 1.54) is 5.56 Å². The highest BCUT2D eigenvalue weighted by molar-refractivity contribution is 6.11. The first kappa shape index (κ1) is 27.2. The van der Waals surface area contributed by atoms with Gasteiger partial charge in [0, 0.05) is 7.05 Å². The molecule has 3 aromatic rings. The first-order valence-electron chi connectivity index (χ1n) is 13.4. The number of aryl methyl sites for hydroxylation is 3. The SMILES string of the molecule is CC.CC#CC(=O)N(c1ccc2c(n1)c(OC1CCC(C(=O)O)C1)nn2C)c1cc(C)c(C)cc1C1CC1. The standard InChI is InChI=1S/C28H30N4O4.C2H6/c1-5-6-25(33)32(23-14-17(3)16(2)13-21(23)18-7-8-18)24-12-11-22-26(29-24)27(30-31(22)4)36-20-10-9-19(15-20)28(34)35;1-2/h11-14,18-20H,7-10,15H2,1-4H3,(H,34,35);1-2H3. The molecule has 2 aromatic heterocycles. The van der Waals surface area contributed by atoms with Crippen molar-refractivity contribution in [1.82, 2.24) is 14.8 Å². The zero-order chi connectivity index (χ0) is 27.6. The summed E-state index contributed by atoms with van der Waals surface area (Å²) in [6.07, 6.45) is 3.64. The molecule has 5 rings (SSSR count). The number of hydrogen-bond donors (Lipinski definition) is 1. The molecule has 2 aliphatic carbocycles. The molecule has 2 aliphatic rings. The Labute approximate surface area is 224 Å². The Morgan fingerprint density at radius 3 is 2.45 bits per heavy atom. The van der Waals surface area contributed by atoms with Crippen molar-refractivity contribution in [2.24, 2.45) is 13.0 Å². The van der Waals surface area contributed by atoms with Crippen LogP contribution in [0.5, 0.6) is 5.88 Å². The van der Waals surface area contributed by atoms with Crippen molar-refractivity contribution in [2.45, 2.75) is 78.7 Å². The summed E-state index contributed by atoms with van der Waals surface area (Å²) < 4.78 is 7.85. The minimum atomic E-state index is -0.793. The fraction of sp³-hybridized carbons (Fsp3) is 0.467. The smallest absolute Gasteiger partial charge is 0.308 e. The van der Waals surface area contributed by atoms with E-state index in [9.17, 15) is 14.7 Å². The fourth-order valence-corrected chi connectivity index (χ4v) is 4.97. The molecule has 0 bridgehead atoms. The second-order valence-corrected chi connectivity index (χ2v) is 9.84. The monoisotopic (exact) mass is 516 g/mol. The molecule has 0 spiro atoms. The van der Waals surface area contributed by atoms with Gasteiger partial charge in [-0.25, -0.2) is 4.98 Å². The van der Waals surface area contributed by atoms with Gasteiger partial charge in [0.1, 0.15) is 11.9 Å². The summed E-state index contributed by atoms with van der Waals surface area (Å²) in [6, 6.07) is 7.92. The van der Waals surface area contributed by atoms with Gasteiger partial charge in [-0.3, -0.25) is 19.2 Å². The Morgan fingerprint density at radius 1 is 1.11 bits per heavy atom. The first-order valence-corrected chi connectivity index (χ1v) is 13.4. The second kappa shape index (κ2) is 11.3. The van der Waals surface area contributed by atoms with Crippen molar-refractivity contribution < 1.29 is 19.4 Å². The van der Waals surface area contributed by atoms with Gasteiger partial charge in [-0.05, 0) is 99.6 Å². The normalized spacial score (nSPS) is 18.3. The van der Waals surface area contributed by atoms with Gasteiger partial charge in [-0.15, -0.1) is 5.10 Å². The van der Waals surface area contributed by atoms with E-state index in [0.29, 0.717) is 42.4 Å². The number of carboxylic acids is 1. The van der Waals surface area contributed by atoms with E-state index in [0.717, 1.165) is 35.2 Å². The predicted octanol–water partition coefficient (Wildman–Crippen LogP) is 5.81. The van der Waals surface area contributed by atoms with Crippen molar-refractivity contribution in [3.8, 4) is 17.7 Å². The minimum Gasteiger partial charge on any atom is -0.481 e.